The summed E-state index contributed by atoms with van der Waals surface area (Å²) in [6.07, 6.45) is 6.46. The SMILES string of the molecule is C(=N/N=C/c1nccs1)c1ccco1. The van der Waals surface area contributed by atoms with E-state index in [1.165, 1.54) is 11.3 Å². The highest BCUT2D eigenvalue weighted by atomic mass is 32.1. The minimum absolute atomic E-state index is 0.682. The fourth-order valence-electron chi connectivity index (χ4n) is 0.836. The first-order chi connectivity index (χ1) is 6.95. The molecule has 2 aromatic heterocycles. The first kappa shape index (κ1) is 8.83. The van der Waals surface area contributed by atoms with Gasteiger partial charge in [0.2, 0.25) is 0 Å². The lowest BCUT2D eigenvalue weighted by Crippen LogP contribution is -1.76. The molecule has 0 amide bonds. The lowest BCUT2D eigenvalue weighted by Gasteiger charge is -1.79. The van der Waals surface area contributed by atoms with Gasteiger partial charge in [-0.15, -0.1) is 11.3 Å². The molecule has 0 aliphatic heterocycles. The number of nitrogens with zero attached hydrogens (tertiary/aromatic N) is 3. The molecule has 0 fully saturated rings. The van der Waals surface area contributed by atoms with Crippen molar-refractivity contribution in [3.63, 3.8) is 0 Å². The van der Waals surface area contributed by atoms with Gasteiger partial charge in [-0.05, 0) is 12.1 Å². The number of furan rings is 1. The summed E-state index contributed by atoms with van der Waals surface area (Å²) in [5.74, 6) is 0.682. The number of hydrogen-bond donors (Lipinski definition) is 0. The molecule has 14 heavy (non-hydrogen) atoms. The van der Waals surface area contributed by atoms with Gasteiger partial charge in [-0.25, -0.2) is 4.98 Å². The Balaban J connectivity index is 1.94. The molecule has 70 valence electrons. The first-order valence-electron chi connectivity index (χ1n) is 3.94. The van der Waals surface area contributed by atoms with Crippen molar-refractivity contribution < 1.29 is 4.42 Å². The molecule has 0 aliphatic rings. The molecule has 2 rings (SSSR count). The Bertz CT molecular complexity index is 375. The Hall–Kier alpha value is -1.75. The fourth-order valence-corrected chi connectivity index (χ4v) is 1.33. The lowest BCUT2D eigenvalue weighted by atomic mass is 10.5. The van der Waals surface area contributed by atoms with E-state index >= 15 is 0 Å². The van der Waals surface area contributed by atoms with E-state index in [0.29, 0.717) is 5.76 Å². The average molecular weight is 205 g/mol. The van der Waals surface area contributed by atoms with Gasteiger partial charge in [0.15, 0.2) is 0 Å². The van der Waals surface area contributed by atoms with Crippen LogP contribution in [-0.2, 0) is 0 Å². The molecule has 2 aromatic rings. The highest BCUT2D eigenvalue weighted by Crippen LogP contribution is 2.00. The van der Waals surface area contributed by atoms with Gasteiger partial charge in [0.1, 0.15) is 10.8 Å². The van der Waals surface area contributed by atoms with Crippen molar-refractivity contribution in [2.75, 3.05) is 0 Å². The third-order valence-electron chi connectivity index (χ3n) is 1.41. The average Bonchev–Trinajstić information content (AvgIpc) is 2.86. The summed E-state index contributed by atoms with van der Waals surface area (Å²) < 4.78 is 5.03. The van der Waals surface area contributed by atoms with E-state index in [4.69, 9.17) is 4.42 Å². The van der Waals surface area contributed by atoms with Gasteiger partial charge in [-0.3, -0.25) is 0 Å². The summed E-state index contributed by atoms with van der Waals surface area (Å²) in [4.78, 5) is 4.02. The molecular formula is C9H7N3OS. The summed E-state index contributed by atoms with van der Waals surface area (Å²) in [5.41, 5.74) is 0. The normalized spacial score (nSPS) is 11.7. The first-order valence-corrected chi connectivity index (χ1v) is 4.82. The molecule has 4 nitrogen and oxygen atoms in total. The lowest BCUT2D eigenvalue weighted by molar-refractivity contribution is 0.560. The Morgan fingerprint density at radius 1 is 1.36 bits per heavy atom. The predicted molar refractivity (Wildman–Crippen MR) is 56.0 cm³/mol. The topological polar surface area (TPSA) is 50.8 Å². The van der Waals surface area contributed by atoms with Crippen LogP contribution in [0.15, 0.2) is 44.6 Å². The number of rotatable bonds is 3. The van der Waals surface area contributed by atoms with Crippen molar-refractivity contribution >= 4 is 23.8 Å². The molecule has 0 bridgehead atoms. The third kappa shape index (κ3) is 2.37. The zero-order chi connectivity index (χ0) is 9.64. The highest BCUT2D eigenvalue weighted by Gasteiger charge is 1.87. The largest absolute Gasteiger partial charge is 0.463 e. The van der Waals surface area contributed by atoms with Crippen LogP contribution in [0.5, 0.6) is 0 Å². The third-order valence-corrected chi connectivity index (χ3v) is 2.12. The van der Waals surface area contributed by atoms with Crippen LogP contribution in [0.3, 0.4) is 0 Å². The smallest absolute Gasteiger partial charge is 0.146 e. The maximum Gasteiger partial charge on any atom is 0.146 e. The molecule has 0 radical (unpaired) electrons. The Labute approximate surface area is 84.6 Å². The van der Waals surface area contributed by atoms with Crippen LogP contribution in [0.25, 0.3) is 0 Å². The van der Waals surface area contributed by atoms with Gasteiger partial charge in [0.05, 0.1) is 18.7 Å². The Kier molecular flexibility index (Phi) is 2.82. The highest BCUT2D eigenvalue weighted by molar-refractivity contribution is 7.11. The van der Waals surface area contributed by atoms with Gasteiger partial charge in [0.25, 0.3) is 0 Å². The van der Waals surface area contributed by atoms with E-state index in [1.807, 2.05) is 11.4 Å². The van der Waals surface area contributed by atoms with Gasteiger partial charge in [-0.1, -0.05) is 0 Å². The maximum atomic E-state index is 5.03. The van der Waals surface area contributed by atoms with Gasteiger partial charge >= 0.3 is 0 Å². The van der Waals surface area contributed by atoms with E-state index in [-0.39, 0.29) is 0 Å². The van der Waals surface area contributed by atoms with Gasteiger partial charge < -0.3 is 4.42 Å². The van der Waals surface area contributed by atoms with Crippen molar-refractivity contribution in [1.29, 1.82) is 0 Å². The molecule has 0 saturated carbocycles. The Morgan fingerprint density at radius 2 is 2.29 bits per heavy atom. The van der Waals surface area contributed by atoms with Crippen LogP contribution in [-0.4, -0.2) is 17.4 Å². The van der Waals surface area contributed by atoms with Crippen molar-refractivity contribution in [3.05, 3.63) is 40.7 Å². The van der Waals surface area contributed by atoms with E-state index in [2.05, 4.69) is 15.2 Å². The molecular weight excluding hydrogens is 198 g/mol. The van der Waals surface area contributed by atoms with E-state index in [1.54, 1.807) is 31.0 Å². The van der Waals surface area contributed by atoms with Crippen LogP contribution in [0.4, 0.5) is 0 Å². The maximum absolute atomic E-state index is 5.03. The van der Waals surface area contributed by atoms with Crippen LogP contribution in [0.2, 0.25) is 0 Å². The quantitative estimate of drug-likeness (QED) is 0.569. The Morgan fingerprint density at radius 3 is 3.00 bits per heavy atom. The van der Waals surface area contributed by atoms with Crippen molar-refractivity contribution in [2.24, 2.45) is 10.2 Å². The molecule has 0 aliphatic carbocycles. The second-order valence-electron chi connectivity index (χ2n) is 2.37. The summed E-state index contributed by atoms with van der Waals surface area (Å²) in [5, 5.41) is 10.3. The van der Waals surface area contributed by atoms with Crippen LogP contribution in [0, 0.1) is 0 Å². The summed E-state index contributed by atoms with van der Waals surface area (Å²) in [6.45, 7) is 0. The van der Waals surface area contributed by atoms with E-state index in [9.17, 15) is 0 Å². The molecule has 0 spiro atoms. The molecule has 0 aromatic carbocycles. The molecule has 2 heterocycles. The summed E-state index contributed by atoms with van der Waals surface area (Å²) >= 11 is 1.51. The zero-order valence-electron chi connectivity index (χ0n) is 7.20. The van der Waals surface area contributed by atoms with E-state index < -0.39 is 0 Å². The standard InChI is InChI=1S/C9H7N3OS/c1-2-8(13-4-1)6-11-12-7-9-10-3-5-14-9/h1-7H/b11-6?,12-7+. The molecule has 0 unspecified atom stereocenters. The zero-order valence-corrected chi connectivity index (χ0v) is 8.02. The predicted octanol–water partition coefficient (Wildman–Crippen LogP) is 2.19. The number of aromatic nitrogens is 1. The fraction of sp³-hybridized carbons (Fsp3) is 0. The minimum Gasteiger partial charge on any atom is -0.463 e. The minimum atomic E-state index is 0.682. The van der Waals surface area contributed by atoms with Crippen molar-refractivity contribution in [2.45, 2.75) is 0 Å². The number of hydrogen-bond acceptors (Lipinski definition) is 5. The summed E-state index contributed by atoms with van der Waals surface area (Å²) in [7, 11) is 0. The summed E-state index contributed by atoms with van der Waals surface area (Å²) in [6, 6.07) is 3.61. The molecule has 5 heteroatoms. The molecule has 0 N–H and O–H groups in total. The van der Waals surface area contributed by atoms with Gasteiger partial charge in [0, 0.05) is 11.6 Å². The monoisotopic (exact) mass is 205 g/mol. The van der Waals surface area contributed by atoms with Crippen LogP contribution in [0.1, 0.15) is 10.8 Å². The molecule has 0 saturated heterocycles. The van der Waals surface area contributed by atoms with Gasteiger partial charge in [-0.2, -0.15) is 10.2 Å². The van der Waals surface area contributed by atoms with Crippen LogP contribution < -0.4 is 0 Å². The number of thiazole rings is 1. The second kappa shape index (κ2) is 4.48. The van der Waals surface area contributed by atoms with Crippen molar-refractivity contribution in [3.8, 4) is 0 Å². The van der Waals surface area contributed by atoms with E-state index in [0.717, 1.165) is 5.01 Å². The second-order valence-corrected chi connectivity index (χ2v) is 3.30. The molecule has 0 atom stereocenters. The van der Waals surface area contributed by atoms with Crippen LogP contribution >= 0.6 is 11.3 Å². The van der Waals surface area contributed by atoms with Crippen molar-refractivity contribution in [1.82, 2.24) is 4.98 Å².